The lowest BCUT2D eigenvalue weighted by Crippen LogP contribution is -2.48. The summed E-state index contributed by atoms with van der Waals surface area (Å²) in [5, 5.41) is 10.6. The molecule has 0 aromatic heterocycles. The molecule has 0 aliphatic heterocycles. The van der Waals surface area contributed by atoms with Gasteiger partial charge in [0.25, 0.3) is 0 Å². The third-order valence-electron chi connectivity index (χ3n) is 4.96. The summed E-state index contributed by atoms with van der Waals surface area (Å²) in [5.74, 6) is 1.02. The minimum Gasteiger partial charge on any atom is -0.390 e. The Hall–Kier alpha value is -0.300. The third kappa shape index (κ3) is 1.95. The Labute approximate surface area is 99.9 Å². The van der Waals surface area contributed by atoms with Gasteiger partial charge in [0.1, 0.15) is 0 Å². The highest BCUT2D eigenvalue weighted by Crippen LogP contribution is 2.53. The van der Waals surface area contributed by atoms with Gasteiger partial charge >= 0.3 is 0 Å². The maximum atomic E-state index is 10.6. The molecule has 92 valence electrons. The van der Waals surface area contributed by atoms with Crippen LogP contribution in [0.15, 0.2) is 11.6 Å². The van der Waals surface area contributed by atoms with E-state index in [1.54, 1.807) is 5.57 Å². The Morgan fingerprint density at radius 2 is 1.94 bits per heavy atom. The zero-order valence-electron chi connectivity index (χ0n) is 11.2. The quantitative estimate of drug-likeness (QED) is 0.667. The first-order valence-corrected chi connectivity index (χ1v) is 6.78. The number of fused-ring (bicyclic) bond motifs is 1. The van der Waals surface area contributed by atoms with Crippen LogP contribution in [0.2, 0.25) is 0 Å². The van der Waals surface area contributed by atoms with Crippen LogP contribution >= 0.6 is 0 Å². The van der Waals surface area contributed by atoms with Crippen LogP contribution in [0, 0.1) is 17.3 Å². The summed E-state index contributed by atoms with van der Waals surface area (Å²) in [6, 6.07) is 0. The Morgan fingerprint density at radius 3 is 2.56 bits per heavy atom. The molecular weight excluding hydrogens is 196 g/mol. The van der Waals surface area contributed by atoms with Gasteiger partial charge < -0.3 is 5.11 Å². The highest BCUT2D eigenvalue weighted by Gasteiger charge is 2.48. The molecule has 1 nitrogen and oxygen atoms in total. The van der Waals surface area contributed by atoms with Crippen LogP contribution in [0.4, 0.5) is 0 Å². The molecule has 0 heterocycles. The lowest BCUT2D eigenvalue weighted by molar-refractivity contribution is -0.0797. The molecular formula is C15H26O. The fourth-order valence-corrected chi connectivity index (χ4v) is 3.78. The maximum absolute atomic E-state index is 10.6. The van der Waals surface area contributed by atoms with Crippen LogP contribution in [-0.4, -0.2) is 10.7 Å². The predicted molar refractivity (Wildman–Crippen MR) is 68.2 cm³/mol. The van der Waals surface area contributed by atoms with Crippen LogP contribution in [0.3, 0.4) is 0 Å². The lowest BCUT2D eigenvalue weighted by Gasteiger charge is -2.51. The van der Waals surface area contributed by atoms with E-state index in [2.05, 4.69) is 26.8 Å². The Kier molecular flexibility index (Phi) is 2.94. The monoisotopic (exact) mass is 222 g/mol. The molecule has 2 aliphatic rings. The fourth-order valence-electron chi connectivity index (χ4n) is 3.78. The molecule has 0 aromatic rings. The van der Waals surface area contributed by atoms with Crippen LogP contribution in [0.1, 0.15) is 59.8 Å². The minimum atomic E-state index is -0.479. The molecule has 0 aromatic carbocycles. The van der Waals surface area contributed by atoms with Crippen molar-refractivity contribution in [2.45, 2.75) is 65.4 Å². The second-order valence-corrected chi connectivity index (χ2v) is 6.74. The summed E-state index contributed by atoms with van der Waals surface area (Å²) in [6.45, 7) is 8.95. The van der Waals surface area contributed by atoms with E-state index in [0.717, 1.165) is 6.42 Å². The number of rotatable bonds is 1. The molecule has 3 atom stereocenters. The van der Waals surface area contributed by atoms with Crippen LogP contribution in [-0.2, 0) is 0 Å². The highest BCUT2D eigenvalue weighted by atomic mass is 16.3. The van der Waals surface area contributed by atoms with E-state index in [-0.39, 0.29) is 0 Å². The Balaban J connectivity index is 2.33. The van der Waals surface area contributed by atoms with E-state index < -0.39 is 5.60 Å². The van der Waals surface area contributed by atoms with Gasteiger partial charge in [-0.2, -0.15) is 0 Å². The van der Waals surface area contributed by atoms with Crippen molar-refractivity contribution >= 4 is 0 Å². The van der Waals surface area contributed by atoms with E-state index >= 15 is 0 Å². The standard InChI is InChI=1S/C15H26O/c1-11(2)12-6-9-14(3)7-5-8-15(4,16)13(14)10-12/h10-11,13,16H,5-9H2,1-4H3/t13?,14-,15-/m0/s1. The molecule has 1 fully saturated rings. The smallest absolute Gasteiger partial charge is 0.0687 e. The molecule has 0 bridgehead atoms. The second-order valence-electron chi connectivity index (χ2n) is 6.74. The molecule has 0 spiro atoms. The van der Waals surface area contributed by atoms with E-state index in [1.165, 1.54) is 25.7 Å². The summed E-state index contributed by atoms with van der Waals surface area (Å²) >= 11 is 0. The number of hydrogen-bond acceptors (Lipinski definition) is 1. The van der Waals surface area contributed by atoms with Crippen LogP contribution in [0.5, 0.6) is 0 Å². The molecule has 1 saturated carbocycles. The van der Waals surface area contributed by atoms with Gasteiger partial charge in [-0.25, -0.2) is 0 Å². The van der Waals surface area contributed by atoms with Crippen molar-refractivity contribution in [3.8, 4) is 0 Å². The Morgan fingerprint density at radius 1 is 1.25 bits per heavy atom. The summed E-state index contributed by atoms with van der Waals surface area (Å²) in [4.78, 5) is 0. The Bertz CT molecular complexity index is 301. The molecule has 0 saturated heterocycles. The summed E-state index contributed by atoms with van der Waals surface area (Å²) in [6.07, 6.45) is 8.35. The second kappa shape index (κ2) is 3.87. The van der Waals surface area contributed by atoms with Crippen molar-refractivity contribution in [2.75, 3.05) is 0 Å². The van der Waals surface area contributed by atoms with Gasteiger partial charge in [0.05, 0.1) is 5.60 Å². The summed E-state index contributed by atoms with van der Waals surface area (Å²) < 4.78 is 0. The van der Waals surface area contributed by atoms with Crippen molar-refractivity contribution in [3.63, 3.8) is 0 Å². The zero-order chi connectivity index (χ0) is 12.0. The average Bonchev–Trinajstić information content (AvgIpc) is 2.15. The van der Waals surface area contributed by atoms with Gasteiger partial charge in [-0.3, -0.25) is 0 Å². The SMILES string of the molecule is CC(C)C1=CC2[C@@](C)(CCC[C@]2(C)O)CC1. The summed E-state index contributed by atoms with van der Waals surface area (Å²) in [7, 11) is 0. The van der Waals surface area contributed by atoms with Crippen LogP contribution in [0.25, 0.3) is 0 Å². The molecule has 0 amide bonds. The zero-order valence-corrected chi connectivity index (χ0v) is 11.2. The van der Waals surface area contributed by atoms with Crippen molar-refractivity contribution < 1.29 is 5.11 Å². The van der Waals surface area contributed by atoms with Crippen molar-refractivity contribution in [2.24, 2.45) is 17.3 Å². The van der Waals surface area contributed by atoms with Crippen molar-refractivity contribution in [1.29, 1.82) is 0 Å². The predicted octanol–water partition coefficient (Wildman–Crippen LogP) is 3.92. The van der Waals surface area contributed by atoms with Crippen molar-refractivity contribution in [1.82, 2.24) is 0 Å². The first kappa shape index (κ1) is 12.2. The molecule has 2 rings (SSSR count). The molecule has 1 unspecified atom stereocenters. The number of hydrogen-bond donors (Lipinski definition) is 1. The molecule has 0 radical (unpaired) electrons. The minimum absolute atomic E-state index is 0.347. The van der Waals surface area contributed by atoms with Crippen molar-refractivity contribution in [3.05, 3.63) is 11.6 Å². The molecule has 2 aliphatic carbocycles. The molecule has 16 heavy (non-hydrogen) atoms. The first-order chi connectivity index (χ1) is 7.35. The largest absolute Gasteiger partial charge is 0.390 e. The van der Waals surface area contributed by atoms with Gasteiger partial charge in [-0.15, -0.1) is 0 Å². The van der Waals surface area contributed by atoms with Gasteiger partial charge in [0.15, 0.2) is 0 Å². The third-order valence-corrected chi connectivity index (χ3v) is 4.96. The maximum Gasteiger partial charge on any atom is 0.0687 e. The fraction of sp³-hybridized carbons (Fsp3) is 0.867. The van der Waals surface area contributed by atoms with Gasteiger partial charge in [-0.05, 0) is 43.9 Å². The van der Waals surface area contributed by atoms with E-state index in [1.807, 2.05) is 6.92 Å². The number of aliphatic hydroxyl groups is 1. The summed E-state index contributed by atoms with van der Waals surface area (Å²) in [5.41, 5.74) is 1.43. The average molecular weight is 222 g/mol. The van der Waals surface area contributed by atoms with E-state index in [0.29, 0.717) is 17.3 Å². The highest BCUT2D eigenvalue weighted by molar-refractivity contribution is 5.19. The van der Waals surface area contributed by atoms with Gasteiger partial charge in [-0.1, -0.05) is 38.8 Å². The molecule has 1 heteroatoms. The van der Waals surface area contributed by atoms with Gasteiger partial charge in [0.2, 0.25) is 0 Å². The normalized spacial score (nSPS) is 44.1. The number of allylic oxidation sites excluding steroid dienone is 1. The molecule has 1 N–H and O–H groups in total. The van der Waals surface area contributed by atoms with Crippen LogP contribution < -0.4 is 0 Å². The lowest BCUT2D eigenvalue weighted by atomic mass is 9.56. The van der Waals surface area contributed by atoms with E-state index in [9.17, 15) is 5.11 Å². The van der Waals surface area contributed by atoms with E-state index in [4.69, 9.17) is 0 Å². The first-order valence-electron chi connectivity index (χ1n) is 6.78. The van der Waals surface area contributed by atoms with Gasteiger partial charge in [0, 0.05) is 5.92 Å². The topological polar surface area (TPSA) is 20.2 Å².